The predicted molar refractivity (Wildman–Crippen MR) is 54.5 cm³/mol. The molecule has 76 valence electrons. The van der Waals surface area contributed by atoms with E-state index in [-0.39, 0.29) is 24.2 Å². The van der Waals surface area contributed by atoms with Crippen LogP contribution in [0.15, 0.2) is 24.4 Å². The Bertz CT molecular complexity index is 290. The highest BCUT2D eigenvalue weighted by Gasteiger charge is 2.15. The van der Waals surface area contributed by atoms with Crippen molar-refractivity contribution in [1.82, 2.24) is 4.90 Å². The summed E-state index contributed by atoms with van der Waals surface area (Å²) in [6.45, 7) is 3.85. The second-order valence-electron chi connectivity index (χ2n) is 3.61. The molecule has 1 aliphatic heterocycles. The molecule has 0 fully saturated rings. The zero-order valence-electron chi connectivity index (χ0n) is 8.56. The highest BCUT2D eigenvalue weighted by molar-refractivity contribution is 5.93. The molecule has 0 saturated carbocycles. The molecule has 0 aliphatic carbocycles. The third-order valence-electron chi connectivity index (χ3n) is 2.07. The lowest BCUT2D eigenvalue weighted by molar-refractivity contribution is -0.130. The lowest BCUT2D eigenvalue weighted by Crippen LogP contribution is -2.31. The Kier molecular flexibility index (Phi) is 3.63. The highest BCUT2D eigenvalue weighted by atomic mass is 16.2. The molecule has 1 rings (SSSR count). The van der Waals surface area contributed by atoms with Crippen molar-refractivity contribution in [3.63, 3.8) is 0 Å². The first-order valence-electron chi connectivity index (χ1n) is 4.78. The standard InChI is InChI=1S/C11H15NO2/c1-9(2)10(13)8-12-7-5-3-4-6-11(12)14/h4-7,9H,3,8H2,1-2H3. The fourth-order valence-electron chi connectivity index (χ4n) is 1.09. The number of ketones is 1. The van der Waals surface area contributed by atoms with Gasteiger partial charge in [-0.25, -0.2) is 0 Å². The van der Waals surface area contributed by atoms with Gasteiger partial charge in [0.05, 0.1) is 6.54 Å². The molecule has 0 aromatic heterocycles. The van der Waals surface area contributed by atoms with Crippen molar-refractivity contribution in [1.29, 1.82) is 0 Å². The van der Waals surface area contributed by atoms with Gasteiger partial charge in [-0.05, 0) is 12.5 Å². The lowest BCUT2D eigenvalue weighted by Gasteiger charge is -2.15. The zero-order valence-corrected chi connectivity index (χ0v) is 8.56. The largest absolute Gasteiger partial charge is 0.308 e. The smallest absolute Gasteiger partial charge is 0.250 e. The minimum Gasteiger partial charge on any atom is -0.308 e. The Morgan fingerprint density at radius 3 is 2.86 bits per heavy atom. The van der Waals surface area contributed by atoms with Gasteiger partial charge in [0.2, 0.25) is 0 Å². The van der Waals surface area contributed by atoms with Crippen molar-refractivity contribution < 1.29 is 9.59 Å². The quantitative estimate of drug-likeness (QED) is 0.681. The van der Waals surface area contributed by atoms with Crippen LogP contribution in [0.4, 0.5) is 0 Å². The van der Waals surface area contributed by atoms with Crippen LogP contribution in [-0.4, -0.2) is 23.1 Å². The number of Topliss-reactive ketones (excluding diaryl/α,β-unsaturated/α-hetero) is 1. The molecule has 0 aromatic carbocycles. The second-order valence-corrected chi connectivity index (χ2v) is 3.61. The molecule has 0 spiro atoms. The number of hydrogen-bond acceptors (Lipinski definition) is 2. The minimum atomic E-state index is -0.118. The van der Waals surface area contributed by atoms with Crippen LogP contribution in [0.3, 0.4) is 0 Å². The van der Waals surface area contributed by atoms with Crippen LogP contribution in [0.1, 0.15) is 20.3 Å². The van der Waals surface area contributed by atoms with E-state index < -0.39 is 0 Å². The number of nitrogens with zero attached hydrogens (tertiary/aromatic N) is 1. The zero-order chi connectivity index (χ0) is 10.6. The van der Waals surface area contributed by atoms with Crippen molar-refractivity contribution in [2.45, 2.75) is 20.3 Å². The molecule has 0 radical (unpaired) electrons. The lowest BCUT2D eigenvalue weighted by atomic mass is 10.1. The molecule has 14 heavy (non-hydrogen) atoms. The molecule has 3 nitrogen and oxygen atoms in total. The first-order valence-corrected chi connectivity index (χ1v) is 4.78. The van der Waals surface area contributed by atoms with Gasteiger partial charge in [0.25, 0.3) is 5.91 Å². The number of carbonyl (C=O) groups is 2. The number of carbonyl (C=O) groups excluding carboxylic acids is 2. The summed E-state index contributed by atoms with van der Waals surface area (Å²) in [6.07, 6.45) is 7.60. The van der Waals surface area contributed by atoms with Crippen LogP contribution in [0.5, 0.6) is 0 Å². The van der Waals surface area contributed by atoms with Crippen LogP contribution in [-0.2, 0) is 9.59 Å². The average Bonchev–Trinajstić information content (AvgIpc) is 2.32. The summed E-state index contributed by atoms with van der Waals surface area (Å²) in [5, 5.41) is 0. The first kappa shape index (κ1) is 10.7. The Morgan fingerprint density at radius 2 is 2.21 bits per heavy atom. The topological polar surface area (TPSA) is 37.4 Å². The maximum atomic E-state index is 11.4. The van der Waals surface area contributed by atoms with Crippen molar-refractivity contribution in [2.75, 3.05) is 6.54 Å². The summed E-state index contributed by atoms with van der Waals surface area (Å²) < 4.78 is 0. The van der Waals surface area contributed by atoms with Crippen LogP contribution in [0.2, 0.25) is 0 Å². The summed E-state index contributed by atoms with van der Waals surface area (Å²) in [7, 11) is 0. The summed E-state index contributed by atoms with van der Waals surface area (Å²) in [5.74, 6) is -0.0607. The third-order valence-corrected chi connectivity index (χ3v) is 2.07. The fraction of sp³-hybridized carbons (Fsp3) is 0.455. The fourth-order valence-corrected chi connectivity index (χ4v) is 1.09. The maximum Gasteiger partial charge on any atom is 0.250 e. The van der Waals surface area contributed by atoms with Gasteiger partial charge in [-0.15, -0.1) is 0 Å². The van der Waals surface area contributed by atoms with E-state index in [0.717, 1.165) is 6.42 Å². The van der Waals surface area contributed by atoms with Gasteiger partial charge in [-0.3, -0.25) is 9.59 Å². The van der Waals surface area contributed by atoms with Crippen molar-refractivity contribution in [2.24, 2.45) is 5.92 Å². The van der Waals surface area contributed by atoms with E-state index >= 15 is 0 Å². The van der Waals surface area contributed by atoms with E-state index in [2.05, 4.69) is 0 Å². The second kappa shape index (κ2) is 4.74. The maximum absolute atomic E-state index is 11.4. The number of allylic oxidation sites excluding steroid dienone is 2. The summed E-state index contributed by atoms with van der Waals surface area (Å²) in [4.78, 5) is 24.3. The molecule has 1 aliphatic rings. The van der Waals surface area contributed by atoms with Gasteiger partial charge in [-0.1, -0.05) is 26.0 Å². The van der Waals surface area contributed by atoms with Gasteiger partial charge in [0.15, 0.2) is 5.78 Å². The van der Waals surface area contributed by atoms with Crippen molar-refractivity contribution in [3.05, 3.63) is 24.4 Å². The molecular weight excluding hydrogens is 178 g/mol. The molecule has 1 heterocycles. The monoisotopic (exact) mass is 193 g/mol. The molecule has 0 aromatic rings. The molecule has 3 heteroatoms. The molecule has 0 atom stereocenters. The predicted octanol–water partition coefficient (Wildman–Crippen LogP) is 1.51. The Labute approximate surface area is 84.1 Å². The number of amides is 1. The van der Waals surface area contributed by atoms with Gasteiger partial charge >= 0.3 is 0 Å². The van der Waals surface area contributed by atoms with Crippen LogP contribution < -0.4 is 0 Å². The Hall–Kier alpha value is -1.38. The number of rotatable bonds is 3. The normalized spacial score (nSPS) is 16.2. The molecular formula is C11H15NO2. The first-order chi connectivity index (χ1) is 6.61. The molecule has 0 unspecified atom stereocenters. The minimum absolute atomic E-state index is 0.0246. The van der Waals surface area contributed by atoms with Gasteiger partial charge in [0, 0.05) is 12.1 Å². The van der Waals surface area contributed by atoms with Gasteiger partial charge in [-0.2, -0.15) is 0 Å². The van der Waals surface area contributed by atoms with E-state index in [0.29, 0.717) is 0 Å². The molecule has 0 N–H and O–H groups in total. The summed E-state index contributed by atoms with van der Waals surface area (Å²) in [6, 6.07) is 0. The van der Waals surface area contributed by atoms with Gasteiger partial charge in [0.1, 0.15) is 0 Å². The SMILES string of the molecule is CC(C)C(=O)CN1C=CCC=CC1=O. The van der Waals surface area contributed by atoms with Crippen molar-refractivity contribution in [3.8, 4) is 0 Å². The summed E-state index contributed by atoms with van der Waals surface area (Å²) >= 11 is 0. The molecule has 1 amide bonds. The number of hydrogen-bond donors (Lipinski definition) is 0. The third kappa shape index (κ3) is 2.83. The van der Waals surface area contributed by atoms with E-state index in [1.165, 1.54) is 11.0 Å². The van der Waals surface area contributed by atoms with Crippen molar-refractivity contribution >= 4 is 11.7 Å². The average molecular weight is 193 g/mol. The highest BCUT2D eigenvalue weighted by Crippen LogP contribution is 2.04. The van der Waals surface area contributed by atoms with Crippen LogP contribution >= 0.6 is 0 Å². The van der Waals surface area contributed by atoms with E-state index in [4.69, 9.17) is 0 Å². The van der Waals surface area contributed by atoms with E-state index in [1.54, 1.807) is 12.3 Å². The Morgan fingerprint density at radius 1 is 1.50 bits per heavy atom. The van der Waals surface area contributed by atoms with Crippen LogP contribution in [0, 0.1) is 5.92 Å². The molecule has 0 bridgehead atoms. The Balaban J connectivity index is 2.63. The van der Waals surface area contributed by atoms with E-state index in [1.807, 2.05) is 19.9 Å². The van der Waals surface area contributed by atoms with E-state index in [9.17, 15) is 9.59 Å². The van der Waals surface area contributed by atoms with Gasteiger partial charge < -0.3 is 4.90 Å². The molecule has 0 saturated heterocycles. The summed E-state index contributed by atoms with van der Waals surface area (Å²) in [5.41, 5.74) is 0. The van der Waals surface area contributed by atoms with Crippen LogP contribution in [0.25, 0.3) is 0 Å².